The molecule has 0 aliphatic carbocycles. The number of nitrogens with zero attached hydrogens (tertiary/aromatic N) is 4. The van der Waals surface area contributed by atoms with Crippen LogP contribution < -0.4 is 5.32 Å². The monoisotopic (exact) mass is 291 g/mol. The largest absolute Gasteiger partial charge is 0.345 e. The molecule has 0 spiro atoms. The second-order valence-electron chi connectivity index (χ2n) is 4.04. The molecule has 0 radical (unpaired) electrons. The summed E-state index contributed by atoms with van der Waals surface area (Å²) in [5.41, 5.74) is 2.07. The summed E-state index contributed by atoms with van der Waals surface area (Å²) < 4.78 is 0. The predicted molar refractivity (Wildman–Crippen MR) is 79.8 cm³/mol. The van der Waals surface area contributed by atoms with Gasteiger partial charge in [-0.15, -0.1) is 11.3 Å². The molecule has 100 valence electrons. The van der Waals surface area contributed by atoms with Crippen molar-refractivity contribution in [2.45, 2.75) is 6.92 Å². The molecule has 0 unspecified atom stereocenters. The van der Waals surface area contributed by atoms with Gasteiger partial charge in [-0.3, -0.25) is 0 Å². The van der Waals surface area contributed by atoms with E-state index in [1.807, 2.05) is 36.6 Å². The highest BCUT2D eigenvalue weighted by Crippen LogP contribution is 2.24. The predicted octanol–water partition coefficient (Wildman–Crippen LogP) is 3.36. The fourth-order valence-corrected chi connectivity index (χ4v) is 2.30. The molecular weight excluding hydrogens is 282 g/mol. The van der Waals surface area contributed by atoms with E-state index < -0.39 is 0 Å². The number of thiazole rings is 1. The van der Waals surface area contributed by atoms with Crippen LogP contribution in [0.25, 0.3) is 11.3 Å². The molecule has 0 fully saturated rings. The Bertz CT molecular complexity index is 811. The van der Waals surface area contributed by atoms with Gasteiger partial charge in [-0.05, 0) is 19.1 Å². The van der Waals surface area contributed by atoms with Gasteiger partial charge in [0, 0.05) is 16.6 Å². The van der Waals surface area contributed by atoms with Crippen molar-refractivity contribution in [2.75, 3.05) is 5.32 Å². The van der Waals surface area contributed by atoms with E-state index >= 15 is 0 Å². The minimum absolute atomic E-state index is 0.0633. The highest BCUT2D eigenvalue weighted by Gasteiger charge is 2.07. The van der Waals surface area contributed by atoms with Gasteiger partial charge in [-0.1, -0.05) is 12.1 Å². The van der Waals surface area contributed by atoms with Crippen LogP contribution >= 0.6 is 11.3 Å². The third kappa shape index (κ3) is 3.25. The Labute approximate surface area is 126 Å². The van der Waals surface area contributed by atoms with Gasteiger partial charge in [-0.25, -0.2) is 4.98 Å². The number of aromatic nitrogens is 1. The van der Waals surface area contributed by atoms with Crippen molar-refractivity contribution < 1.29 is 0 Å². The zero-order valence-electron chi connectivity index (χ0n) is 11.1. The van der Waals surface area contributed by atoms with Crippen LogP contribution in [-0.4, -0.2) is 4.98 Å². The van der Waals surface area contributed by atoms with Crippen molar-refractivity contribution in [3.63, 3.8) is 0 Å². The van der Waals surface area contributed by atoms with Crippen LogP contribution in [0.4, 0.5) is 5.69 Å². The van der Waals surface area contributed by atoms with Crippen LogP contribution in [0.15, 0.2) is 40.9 Å². The zero-order valence-corrected chi connectivity index (χ0v) is 11.9. The van der Waals surface area contributed by atoms with Gasteiger partial charge in [0.15, 0.2) is 5.57 Å². The van der Waals surface area contributed by atoms with Crippen LogP contribution in [0.2, 0.25) is 0 Å². The molecule has 1 N–H and O–H groups in total. The maximum Gasteiger partial charge on any atom is 0.163 e. The molecule has 21 heavy (non-hydrogen) atoms. The first kappa shape index (κ1) is 14.3. The van der Waals surface area contributed by atoms with Gasteiger partial charge in [0.2, 0.25) is 0 Å². The van der Waals surface area contributed by atoms with Crippen molar-refractivity contribution in [3.8, 4) is 29.5 Å². The number of benzene rings is 1. The van der Waals surface area contributed by atoms with Gasteiger partial charge < -0.3 is 5.32 Å². The lowest BCUT2D eigenvalue weighted by Crippen LogP contribution is -2.00. The van der Waals surface area contributed by atoms with Crippen molar-refractivity contribution in [3.05, 3.63) is 45.9 Å². The fraction of sp³-hybridized carbons (Fsp3) is 0.0667. The van der Waals surface area contributed by atoms with Crippen LogP contribution in [0.1, 0.15) is 5.01 Å². The number of aryl methyl sites for hydroxylation is 1. The standard InChI is InChI=1S/C15H9N5S/c1-10-19-15(9-21-10)11-3-2-4-13(5-11)20-14(8-18)12(6-16)7-17/h2-5,9,20H,1H3. The van der Waals surface area contributed by atoms with E-state index in [1.165, 1.54) is 0 Å². The normalized spacial score (nSPS) is 9.05. The smallest absolute Gasteiger partial charge is 0.163 e. The Balaban J connectivity index is 2.36. The number of nitriles is 3. The number of hydrogen-bond donors (Lipinski definition) is 1. The fourth-order valence-electron chi connectivity index (χ4n) is 1.68. The van der Waals surface area contributed by atoms with Crippen molar-refractivity contribution >= 4 is 17.0 Å². The summed E-state index contributed by atoms with van der Waals surface area (Å²) in [4.78, 5) is 4.40. The molecule has 5 nitrogen and oxygen atoms in total. The Morgan fingerprint density at radius 3 is 2.52 bits per heavy atom. The first-order chi connectivity index (χ1) is 10.2. The van der Waals surface area contributed by atoms with Crippen LogP contribution in [0, 0.1) is 40.9 Å². The lowest BCUT2D eigenvalue weighted by atomic mass is 10.1. The summed E-state index contributed by atoms with van der Waals surface area (Å²) in [6, 6.07) is 12.5. The zero-order chi connectivity index (χ0) is 15.2. The number of hydrogen-bond acceptors (Lipinski definition) is 6. The van der Waals surface area contributed by atoms with Crippen LogP contribution in [0.3, 0.4) is 0 Å². The Hall–Kier alpha value is -3.14. The molecule has 0 saturated carbocycles. The average molecular weight is 291 g/mol. The summed E-state index contributed by atoms with van der Waals surface area (Å²) in [7, 11) is 0. The second-order valence-corrected chi connectivity index (χ2v) is 5.11. The molecule has 0 atom stereocenters. The van der Waals surface area contributed by atoms with Gasteiger partial charge >= 0.3 is 0 Å². The molecule has 2 aromatic rings. The Morgan fingerprint density at radius 1 is 1.19 bits per heavy atom. The van der Waals surface area contributed by atoms with E-state index in [4.69, 9.17) is 15.8 Å². The Morgan fingerprint density at radius 2 is 1.95 bits per heavy atom. The summed E-state index contributed by atoms with van der Waals surface area (Å²) in [5, 5.41) is 32.4. The molecule has 2 rings (SSSR count). The molecule has 6 heteroatoms. The van der Waals surface area contributed by atoms with Gasteiger partial charge in [-0.2, -0.15) is 15.8 Å². The molecule has 0 aliphatic heterocycles. The van der Waals surface area contributed by atoms with Crippen molar-refractivity contribution in [2.24, 2.45) is 0 Å². The summed E-state index contributed by atoms with van der Waals surface area (Å²) in [6.45, 7) is 1.93. The number of allylic oxidation sites excluding steroid dienone is 2. The van der Waals surface area contributed by atoms with E-state index in [2.05, 4.69) is 10.3 Å². The van der Waals surface area contributed by atoms with Gasteiger partial charge in [0.05, 0.1) is 10.7 Å². The van der Waals surface area contributed by atoms with Crippen LogP contribution in [-0.2, 0) is 0 Å². The van der Waals surface area contributed by atoms with E-state index in [-0.39, 0.29) is 11.3 Å². The topological polar surface area (TPSA) is 96.3 Å². The SMILES string of the molecule is Cc1nc(-c2cccc(NC(C#N)=C(C#N)C#N)c2)cs1. The molecule has 1 aromatic carbocycles. The molecule has 0 bridgehead atoms. The van der Waals surface area contributed by atoms with Crippen molar-refractivity contribution in [1.82, 2.24) is 4.98 Å². The van der Waals surface area contributed by atoms with Gasteiger partial charge in [0.25, 0.3) is 0 Å². The lowest BCUT2D eigenvalue weighted by Gasteiger charge is -2.06. The first-order valence-corrected chi connectivity index (χ1v) is 6.80. The molecular formula is C15H9N5S. The number of rotatable bonds is 3. The summed E-state index contributed by atoms with van der Waals surface area (Å²) in [6.07, 6.45) is 0. The van der Waals surface area contributed by atoms with Gasteiger partial charge in [0.1, 0.15) is 23.9 Å². The van der Waals surface area contributed by atoms with E-state index in [9.17, 15) is 0 Å². The lowest BCUT2D eigenvalue weighted by molar-refractivity contribution is 1.30. The third-order valence-electron chi connectivity index (χ3n) is 2.63. The average Bonchev–Trinajstić information content (AvgIpc) is 2.94. The molecule has 0 amide bonds. The summed E-state index contributed by atoms with van der Waals surface area (Å²) >= 11 is 1.56. The molecule has 0 aliphatic rings. The summed E-state index contributed by atoms with van der Waals surface area (Å²) in [5.74, 6) is 0. The highest BCUT2D eigenvalue weighted by molar-refractivity contribution is 7.09. The maximum absolute atomic E-state index is 9.03. The van der Waals surface area contributed by atoms with E-state index in [1.54, 1.807) is 29.5 Å². The number of anilines is 1. The van der Waals surface area contributed by atoms with E-state index in [0.29, 0.717) is 5.69 Å². The highest BCUT2D eigenvalue weighted by atomic mass is 32.1. The third-order valence-corrected chi connectivity index (χ3v) is 3.41. The molecule has 1 aromatic heterocycles. The molecule has 0 saturated heterocycles. The quantitative estimate of drug-likeness (QED) is 0.875. The Kier molecular flexibility index (Phi) is 4.31. The number of nitrogens with one attached hydrogen (secondary N) is 1. The minimum Gasteiger partial charge on any atom is -0.345 e. The van der Waals surface area contributed by atoms with Crippen molar-refractivity contribution in [1.29, 1.82) is 15.8 Å². The van der Waals surface area contributed by atoms with E-state index in [0.717, 1.165) is 16.3 Å². The maximum atomic E-state index is 9.03. The van der Waals surface area contributed by atoms with Crippen LogP contribution in [0.5, 0.6) is 0 Å². The second kappa shape index (κ2) is 6.34. The molecule has 1 heterocycles. The minimum atomic E-state index is -0.243. The first-order valence-electron chi connectivity index (χ1n) is 5.92.